The molecule has 3 aromatic heterocycles. The molecule has 0 aliphatic carbocycles. The van der Waals surface area contributed by atoms with E-state index in [1.54, 1.807) is 0 Å². The Labute approximate surface area is 171 Å². The summed E-state index contributed by atoms with van der Waals surface area (Å²) in [7, 11) is 1.95. The number of nitrogens with one attached hydrogen (secondary N) is 1. The van der Waals surface area contributed by atoms with Crippen LogP contribution in [0.25, 0.3) is 21.6 Å². The number of benzene rings is 1. The van der Waals surface area contributed by atoms with E-state index in [1.807, 2.05) is 23.1 Å². The van der Waals surface area contributed by atoms with Crippen LogP contribution in [-0.2, 0) is 18.2 Å². The monoisotopic (exact) mass is 411 g/mol. The summed E-state index contributed by atoms with van der Waals surface area (Å²) < 4.78 is 2.63. The van der Waals surface area contributed by atoms with Crippen molar-refractivity contribution in [2.24, 2.45) is 7.05 Å². The lowest BCUT2D eigenvalue weighted by atomic mass is 9.87. The van der Waals surface area contributed by atoms with Gasteiger partial charge in [0.15, 0.2) is 11.0 Å². The molecule has 0 aliphatic heterocycles. The van der Waals surface area contributed by atoms with E-state index in [2.05, 4.69) is 65.2 Å². The molecular weight excluding hydrogens is 390 g/mol. The predicted molar refractivity (Wildman–Crippen MR) is 115 cm³/mol. The molecule has 28 heavy (non-hydrogen) atoms. The highest BCUT2D eigenvalue weighted by molar-refractivity contribution is 7.98. The lowest BCUT2D eigenvalue weighted by Crippen LogP contribution is -2.10. The van der Waals surface area contributed by atoms with Gasteiger partial charge in [-0.05, 0) is 22.4 Å². The van der Waals surface area contributed by atoms with E-state index in [-0.39, 0.29) is 11.0 Å². The van der Waals surface area contributed by atoms with Crippen LogP contribution in [0.3, 0.4) is 0 Å². The fraction of sp³-hybridized carbons (Fsp3) is 0.300. The van der Waals surface area contributed by atoms with Crippen LogP contribution in [0.5, 0.6) is 0 Å². The Balaban J connectivity index is 1.54. The molecule has 0 fully saturated rings. The van der Waals surface area contributed by atoms with E-state index in [0.717, 1.165) is 22.1 Å². The van der Waals surface area contributed by atoms with E-state index in [9.17, 15) is 4.79 Å². The number of aromatic nitrogens is 5. The van der Waals surface area contributed by atoms with Crippen molar-refractivity contribution in [3.8, 4) is 11.4 Å². The van der Waals surface area contributed by atoms with E-state index in [1.165, 1.54) is 28.7 Å². The molecular formula is C20H21N5OS2. The van der Waals surface area contributed by atoms with E-state index < -0.39 is 0 Å². The molecule has 0 amide bonds. The largest absolute Gasteiger partial charge is 0.309 e. The summed E-state index contributed by atoms with van der Waals surface area (Å²) in [6.45, 7) is 6.60. The summed E-state index contributed by atoms with van der Waals surface area (Å²) in [4.78, 5) is 19.5. The molecule has 6 nitrogen and oxygen atoms in total. The van der Waals surface area contributed by atoms with Gasteiger partial charge in [0.05, 0.1) is 11.3 Å². The van der Waals surface area contributed by atoms with Gasteiger partial charge >= 0.3 is 0 Å². The number of hydrogen-bond donors (Lipinski definition) is 1. The summed E-state index contributed by atoms with van der Waals surface area (Å²) in [6.07, 6.45) is 0. The standard InChI is InChI=1S/C20H21N5OS2/c1-20(2,3)13-7-5-12(6-8-13)17-23-24-19(25(17)4)28-11-15-21-14-9-10-27-16(14)18(26)22-15/h5-10H,11H2,1-4H3,(H,21,22,26). The first kappa shape index (κ1) is 18.9. The summed E-state index contributed by atoms with van der Waals surface area (Å²) in [5, 5.41) is 11.3. The molecule has 0 unspecified atom stereocenters. The van der Waals surface area contributed by atoms with E-state index in [0.29, 0.717) is 16.3 Å². The van der Waals surface area contributed by atoms with Gasteiger partial charge in [0.25, 0.3) is 5.56 Å². The van der Waals surface area contributed by atoms with Crippen LogP contribution >= 0.6 is 23.1 Å². The molecule has 0 saturated carbocycles. The van der Waals surface area contributed by atoms with Crippen LogP contribution in [0.2, 0.25) is 0 Å². The Bertz CT molecular complexity index is 1180. The summed E-state index contributed by atoms with van der Waals surface area (Å²) in [6, 6.07) is 10.3. The Kier molecular flexibility index (Phi) is 4.84. The van der Waals surface area contributed by atoms with E-state index >= 15 is 0 Å². The number of fused-ring (bicyclic) bond motifs is 1. The van der Waals surface area contributed by atoms with Gasteiger partial charge in [-0.15, -0.1) is 21.5 Å². The summed E-state index contributed by atoms with van der Waals surface area (Å²) in [5.41, 5.74) is 3.08. The third-order valence-corrected chi connectivity index (χ3v) is 6.48. The van der Waals surface area contributed by atoms with Gasteiger partial charge < -0.3 is 9.55 Å². The SMILES string of the molecule is Cn1c(SCc2nc3ccsc3c(=O)[nH]2)nnc1-c1ccc(C(C)(C)C)cc1. The average Bonchev–Trinajstić information content (AvgIpc) is 3.26. The number of aromatic amines is 1. The highest BCUT2D eigenvalue weighted by Crippen LogP contribution is 2.27. The Hall–Kier alpha value is -2.45. The molecule has 0 spiro atoms. The number of nitrogens with zero attached hydrogens (tertiary/aromatic N) is 4. The molecule has 1 aromatic carbocycles. The molecule has 3 heterocycles. The van der Waals surface area contributed by atoms with Gasteiger partial charge in [-0.2, -0.15) is 0 Å². The van der Waals surface area contributed by atoms with Crippen LogP contribution in [0.1, 0.15) is 32.2 Å². The first-order valence-corrected chi connectivity index (χ1v) is 10.8. The second-order valence-corrected chi connectivity index (χ2v) is 9.49. The van der Waals surface area contributed by atoms with Gasteiger partial charge in [0.1, 0.15) is 10.5 Å². The van der Waals surface area contributed by atoms with Crippen molar-refractivity contribution in [2.75, 3.05) is 0 Å². The number of thioether (sulfide) groups is 1. The minimum absolute atomic E-state index is 0.0896. The zero-order valence-electron chi connectivity index (χ0n) is 16.2. The first-order valence-electron chi connectivity index (χ1n) is 8.92. The minimum Gasteiger partial charge on any atom is -0.309 e. The molecule has 0 atom stereocenters. The minimum atomic E-state index is -0.0896. The topological polar surface area (TPSA) is 76.5 Å². The molecule has 1 N–H and O–H groups in total. The van der Waals surface area contributed by atoms with Crippen molar-refractivity contribution < 1.29 is 0 Å². The van der Waals surface area contributed by atoms with Crippen LogP contribution in [0.15, 0.2) is 45.7 Å². The predicted octanol–water partition coefficient (Wildman–Crippen LogP) is 4.37. The lowest BCUT2D eigenvalue weighted by Gasteiger charge is -2.19. The van der Waals surface area contributed by atoms with Crippen molar-refractivity contribution in [2.45, 2.75) is 37.1 Å². The lowest BCUT2D eigenvalue weighted by molar-refractivity contribution is 0.590. The molecule has 0 bridgehead atoms. The Morgan fingerprint density at radius 1 is 1.14 bits per heavy atom. The maximum absolute atomic E-state index is 12.1. The van der Waals surface area contributed by atoms with Crippen LogP contribution in [0, 0.1) is 0 Å². The maximum Gasteiger partial charge on any atom is 0.268 e. The quantitative estimate of drug-likeness (QED) is 0.505. The molecule has 0 radical (unpaired) electrons. The molecule has 4 rings (SSSR count). The van der Waals surface area contributed by atoms with Gasteiger partial charge in [0, 0.05) is 12.6 Å². The Morgan fingerprint density at radius 3 is 2.61 bits per heavy atom. The highest BCUT2D eigenvalue weighted by Gasteiger charge is 2.16. The smallest absolute Gasteiger partial charge is 0.268 e. The van der Waals surface area contributed by atoms with Crippen molar-refractivity contribution >= 4 is 33.3 Å². The molecule has 0 aliphatic rings. The normalized spacial score (nSPS) is 12.0. The second kappa shape index (κ2) is 7.18. The Morgan fingerprint density at radius 2 is 1.89 bits per heavy atom. The maximum atomic E-state index is 12.1. The van der Waals surface area contributed by atoms with Gasteiger partial charge in [-0.3, -0.25) is 4.79 Å². The average molecular weight is 412 g/mol. The van der Waals surface area contributed by atoms with Gasteiger partial charge in [0.2, 0.25) is 0 Å². The number of thiophene rings is 1. The van der Waals surface area contributed by atoms with Crippen molar-refractivity contribution in [3.63, 3.8) is 0 Å². The fourth-order valence-corrected chi connectivity index (χ4v) is 4.44. The summed E-state index contributed by atoms with van der Waals surface area (Å²) >= 11 is 2.91. The fourth-order valence-electron chi connectivity index (χ4n) is 2.93. The highest BCUT2D eigenvalue weighted by atomic mass is 32.2. The third kappa shape index (κ3) is 3.62. The molecule has 4 aromatic rings. The number of rotatable bonds is 4. The van der Waals surface area contributed by atoms with Crippen LogP contribution < -0.4 is 5.56 Å². The zero-order valence-corrected chi connectivity index (χ0v) is 17.8. The second-order valence-electron chi connectivity index (χ2n) is 7.63. The van der Waals surface area contributed by atoms with Crippen LogP contribution in [0.4, 0.5) is 0 Å². The van der Waals surface area contributed by atoms with Crippen molar-refractivity contribution in [1.82, 2.24) is 24.7 Å². The van der Waals surface area contributed by atoms with Crippen molar-refractivity contribution in [1.29, 1.82) is 0 Å². The number of H-pyrrole nitrogens is 1. The van der Waals surface area contributed by atoms with Crippen molar-refractivity contribution in [3.05, 3.63) is 57.5 Å². The third-order valence-electron chi connectivity index (χ3n) is 4.55. The first-order chi connectivity index (χ1) is 13.3. The van der Waals surface area contributed by atoms with Crippen LogP contribution in [-0.4, -0.2) is 24.7 Å². The zero-order chi connectivity index (χ0) is 19.9. The van der Waals surface area contributed by atoms with E-state index in [4.69, 9.17) is 0 Å². The molecule has 0 saturated heterocycles. The molecule has 144 valence electrons. The van der Waals surface area contributed by atoms with Gasteiger partial charge in [-0.25, -0.2) is 4.98 Å². The molecule has 8 heteroatoms. The summed E-state index contributed by atoms with van der Waals surface area (Å²) in [5.74, 6) is 1.98. The van der Waals surface area contributed by atoms with Gasteiger partial charge in [-0.1, -0.05) is 56.8 Å². The number of hydrogen-bond acceptors (Lipinski definition) is 6.